The molecule has 4 saturated carbocycles. The molecule has 0 spiro atoms. The van der Waals surface area contributed by atoms with Crippen LogP contribution in [0.4, 0.5) is 0 Å². The van der Waals surface area contributed by atoms with Gasteiger partial charge in [-0.3, -0.25) is 9.59 Å². The summed E-state index contributed by atoms with van der Waals surface area (Å²) in [6, 6.07) is 0. The molecule has 0 aromatic heterocycles. The third kappa shape index (κ3) is 2.63. The Morgan fingerprint density at radius 2 is 1.65 bits per heavy atom. The van der Waals surface area contributed by atoms with Gasteiger partial charge >= 0.3 is 5.97 Å². The van der Waals surface area contributed by atoms with Crippen molar-refractivity contribution in [3.05, 3.63) is 11.6 Å². The van der Waals surface area contributed by atoms with Crippen LogP contribution < -0.4 is 0 Å². The number of carbonyl (C=O) groups excluding carboxylic acids is 1. The first-order valence-corrected chi connectivity index (χ1v) is 14.7. The zero-order valence-corrected chi connectivity index (χ0v) is 23.1. The number of allylic oxidation sites excluding steroid dienone is 2. The number of ketones is 1. The van der Waals surface area contributed by atoms with Crippen molar-refractivity contribution < 1.29 is 14.7 Å². The van der Waals surface area contributed by atoms with Crippen molar-refractivity contribution in [1.29, 1.82) is 0 Å². The lowest BCUT2D eigenvalue weighted by atomic mass is 9.33. The summed E-state index contributed by atoms with van der Waals surface area (Å²) in [7, 11) is 0. The molecule has 3 nitrogen and oxygen atoms in total. The number of hydrogen-bond acceptors (Lipinski definition) is 3. The molecular formula is C30H44O3S. The SMILES string of the molecule is CC1(C)[C@H]2S[C@H]2C[C@]2(C)[C@H]3C(=O)C=C4[C@@H]5C[C@@](C)(C(=O)O)CC[C@]5(C)CC[C@@]4(C)[C@]3(C)CC[C@@H]12. The fourth-order valence-electron chi connectivity index (χ4n) is 10.8. The molecule has 0 radical (unpaired) electrons. The molecule has 0 bridgehead atoms. The van der Waals surface area contributed by atoms with Gasteiger partial charge in [-0.05, 0) is 103 Å². The summed E-state index contributed by atoms with van der Waals surface area (Å²) in [4.78, 5) is 26.6. The smallest absolute Gasteiger partial charge is 0.309 e. The quantitative estimate of drug-likeness (QED) is 0.402. The predicted octanol–water partition coefficient (Wildman–Crippen LogP) is 7.15. The lowest BCUT2D eigenvalue weighted by Crippen LogP contribution is -2.66. The van der Waals surface area contributed by atoms with E-state index in [-0.39, 0.29) is 33.5 Å². The Bertz CT molecular complexity index is 1010. The zero-order valence-electron chi connectivity index (χ0n) is 22.3. The van der Waals surface area contributed by atoms with Crippen LogP contribution in [0.3, 0.4) is 0 Å². The normalized spacial score (nSPS) is 57.2. The van der Waals surface area contributed by atoms with Crippen molar-refractivity contribution in [3.63, 3.8) is 0 Å². The molecule has 4 heteroatoms. The van der Waals surface area contributed by atoms with Gasteiger partial charge < -0.3 is 5.11 Å². The van der Waals surface area contributed by atoms with Crippen LogP contribution in [0, 0.1) is 50.2 Å². The average Bonchev–Trinajstić information content (AvgIpc) is 3.50. The number of carboxylic acids is 1. The molecule has 1 aliphatic heterocycles. The third-order valence-electron chi connectivity index (χ3n) is 13.2. The fraction of sp³-hybridized carbons (Fsp3) is 0.867. The highest BCUT2D eigenvalue weighted by atomic mass is 32.2. The van der Waals surface area contributed by atoms with E-state index in [1.165, 1.54) is 18.4 Å². The van der Waals surface area contributed by atoms with Crippen molar-refractivity contribution in [2.45, 2.75) is 110 Å². The van der Waals surface area contributed by atoms with Gasteiger partial charge in [-0.15, -0.1) is 0 Å². The first-order chi connectivity index (χ1) is 15.6. The van der Waals surface area contributed by atoms with Gasteiger partial charge in [0, 0.05) is 16.4 Å². The van der Waals surface area contributed by atoms with Gasteiger partial charge in [0.05, 0.1) is 5.41 Å². The number of fused-ring (bicyclic) bond motifs is 8. The van der Waals surface area contributed by atoms with Crippen LogP contribution in [0.25, 0.3) is 0 Å². The van der Waals surface area contributed by atoms with Crippen molar-refractivity contribution in [3.8, 4) is 0 Å². The van der Waals surface area contributed by atoms with Crippen LogP contribution in [0.2, 0.25) is 0 Å². The summed E-state index contributed by atoms with van der Waals surface area (Å²) in [6.45, 7) is 16.7. The second-order valence-electron chi connectivity index (χ2n) is 15.2. The molecule has 10 atom stereocenters. The van der Waals surface area contributed by atoms with E-state index in [0.717, 1.165) is 42.6 Å². The molecular weight excluding hydrogens is 440 g/mol. The summed E-state index contributed by atoms with van der Waals surface area (Å²) in [5.41, 5.74) is 1.07. The Kier molecular flexibility index (Phi) is 4.56. The van der Waals surface area contributed by atoms with E-state index in [0.29, 0.717) is 23.5 Å². The maximum atomic E-state index is 14.3. The molecule has 188 valence electrons. The van der Waals surface area contributed by atoms with E-state index >= 15 is 0 Å². The second kappa shape index (κ2) is 6.56. The predicted molar refractivity (Wildman–Crippen MR) is 138 cm³/mol. The molecule has 0 aromatic carbocycles. The maximum Gasteiger partial charge on any atom is 0.309 e. The second-order valence-corrected chi connectivity index (χ2v) is 16.6. The Hall–Kier alpha value is -0.770. The van der Waals surface area contributed by atoms with Crippen LogP contribution in [0.1, 0.15) is 99.8 Å². The lowest BCUT2D eigenvalue weighted by molar-refractivity contribution is -0.181. The summed E-state index contributed by atoms with van der Waals surface area (Å²) >= 11 is 2.17. The summed E-state index contributed by atoms with van der Waals surface area (Å²) in [5, 5.41) is 11.6. The van der Waals surface area contributed by atoms with E-state index in [1.807, 2.05) is 6.92 Å². The van der Waals surface area contributed by atoms with Crippen LogP contribution in [-0.4, -0.2) is 27.4 Å². The Morgan fingerprint density at radius 1 is 0.971 bits per heavy atom. The van der Waals surface area contributed by atoms with Crippen molar-refractivity contribution in [1.82, 2.24) is 0 Å². The van der Waals surface area contributed by atoms with Gasteiger partial charge in [0.15, 0.2) is 5.78 Å². The zero-order chi connectivity index (χ0) is 24.7. The number of thioether (sulfide) groups is 1. The number of carbonyl (C=O) groups is 2. The van der Waals surface area contributed by atoms with Crippen LogP contribution in [-0.2, 0) is 9.59 Å². The first-order valence-electron chi connectivity index (χ1n) is 13.8. The Labute approximate surface area is 210 Å². The minimum absolute atomic E-state index is 0.0157. The molecule has 1 heterocycles. The number of carboxylic acid groups (broad SMARTS) is 1. The third-order valence-corrected chi connectivity index (χ3v) is 14.9. The van der Waals surface area contributed by atoms with E-state index in [9.17, 15) is 14.7 Å². The standard InChI is InChI=1S/C30H44O3S/c1-25(2)21-8-9-30(7)22(28(21,5)16-20-23(25)34-20)19(31)14-17-18-15-27(4,24(32)33)11-10-26(18,3)12-13-29(17,30)6/h14,18,20-23H,8-13,15-16H2,1-7H3,(H,32,33)/t18-,20-,21-,22+,23-,26+,27-,28-,29+,30+/m0/s1. The summed E-state index contributed by atoms with van der Waals surface area (Å²) < 4.78 is 0. The molecule has 5 fully saturated rings. The highest BCUT2D eigenvalue weighted by Gasteiger charge is 2.73. The van der Waals surface area contributed by atoms with Crippen LogP contribution >= 0.6 is 11.8 Å². The van der Waals surface area contributed by atoms with Crippen LogP contribution in [0.15, 0.2) is 11.6 Å². The van der Waals surface area contributed by atoms with Crippen molar-refractivity contribution in [2.24, 2.45) is 50.2 Å². The highest BCUT2D eigenvalue weighted by Crippen LogP contribution is 2.78. The largest absolute Gasteiger partial charge is 0.481 e. The number of hydrogen-bond donors (Lipinski definition) is 1. The monoisotopic (exact) mass is 484 g/mol. The minimum Gasteiger partial charge on any atom is -0.481 e. The minimum atomic E-state index is -0.681. The molecule has 5 aliphatic carbocycles. The first kappa shape index (κ1) is 23.6. The Balaban J connectivity index is 1.47. The molecule has 34 heavy (non-hydrogen) atoms. The number of rotatable bonds is 1. The molecule has 0 aromatic rings. The van der Waals surface area contributed by atoms with Gasteiger partial charge in [0.2, 0.25) is 0 Å². The van der Waals surface area contributed by atoms with E-state index in [1.54, 1.807) is 0 Å². The highest BCUT2D eigenvalue weighted by molar-refractivity contribution is 8.07. The van der Waals surface area contributed by atoms with Gasteiger partial charge in [-0.25, -0.2) is 0 Å². The lowest BCUT2D eigenvalue weighted by Gasteiger charge is -2.70. The topological polar surface area (TPSA) is 54.4 Å². The van der Waals surface area contributed by atoms with Crippen molar-refractivity contribution >= 4 is 23.5 Å². The molecule has 0 amide bonds. The van der Waals surface area contributed by atoms with Crippen LogP contribution in [0.5, 0.6) is 0 Å². The molecule has 6 rings (SSSR count). The van der Waals surface area contributed by atoms with Gasteiger partial charge in [-0.1, -0.05) is 47.1 Å². The van der Waals surface area contributed by atoms with Gasteiger partial charge in [-0.2, -0.15) is 11.8 Å². The fourth-order valence-corrected chi connectivity index (χ4v) is 12.5. The van der Waals surface area contributed by atoms with Crippen molar-refractivity contribution in [2.75, 3.05) is 0 Å². The number of aliphatic carboxylic acids is 1. The maximum absolute atomic E-state index is 14.3. The van der Waals surface area contributed by atoms with Gasteiger partial charge in [0.25, 0.3) is 0 Å². The summed E-state index contributed by atoms with van der Waals surface area (Å²) in [6.07, 6.45) is 10.3. The molecule has 1 saturated heterocycles. The van der Waals surface area contributed by atoms with E-state index in [2.05, 4.69) is 59.4 Å². The molecule has 1 N–H and O–H groups in total. The molecule has 6 aliphatic rings. The van der Waals surface area contributed by atoms with Gasteiger partial charge in [0.1, 0.15) is 0 Å². The average molecular weight is 485 g/mol. The Morgan fingerprint density at radius 3 is 2.32 bits per heavy atom. The molecule has 0 unspecified atom stereocenters. The van der Waals surface area contributed by atoms with E-state index in [4.69, 9.17) is 0 Å². The summed E-state index contributed by atoms with van der Waals surface area (Å²) in [5.74, 6) is 0.611. The van der Waals surface area contributed by atoms with E-state index < -0.39 is 11.4 Å².